The molecule has 0 radical (unpaired) electrons. The van der Waals surface area contributed by atoms with Crippen LogP contribution in [0.5, 0.6) is 0 Å². The van der Waals surface area contributed by atoms with Crippen molar-refractivity contribution in [2.45, 2.75) is 25.3 Å². The molecule has 1 aliphatic rings. The molecule has 2 heterocycles. The minimum atomic E-state index is 0.348. The molecule has 0 bridgehead atoms. The highest BCUT2D eigenvalue weighted by atomic mass is 32.1. The number of aryl methyl sites for hydroxylation is 1. The predicted octanol–water partition coefficient (Wildman–Crippen LogP) is 2.61. The van der Waals surface area contributed by atoms with Gasteiger partial charge in [0.05, 0.1) is 18.4 Å². The quantitative estimate of drug-likeness (QED) is 0.855. The molecule has 1 unspecified atom stereocenters. The van der Waals surface area contributed by atoms with Gasteiger partial charge in [0.1, 0.15) is 11.6 Å². The Bertz CT molecular complexity index is 523. The Kier molecular flexibility index (Phi) is 2.68. The topological polar surface area (TPSA) is 63.8 Å². The lowest BCUT2D eigenvalue weighted by Crippen LogP contribution is -2.16. The Labute approximate surface area is 104 Å². The van der Waals surface area contributed by atoms with E-state index in [1.807, 2.05) is 11.3 Å². The molecule has 3 rings (SSSR count). The van der Waals surface area contributed by atoms with E-state index < -0.39 is 0 Å². The second-order valence-electron chi connectivity index (χ2n) is 4.22. The SMILES string of the molecule is Nc1cncc(NC2CCCc3sccc32)n1. The Morgan fingerprint density at radius 1 is 1.41 bits per heavy atom. The number of nitrogens with one attached hydrogen (secondary N) is 1. The smallest absolute Gasteiger partial charge is 0.147 e. The fourth-order valence-corrected chi connectivity index (χ4v) is 3.25. The second-order valence-corrected chi connectivity index (χ2v) is 5.22. The van der Waals surface area contributed by atoms with Crippen molar-refractivity contribution < 1.29 is 0 Å². The maximum Gasteiger partial charge on any atom is 0.147 e. The van der Waals surface area contributed by atoms with Crippen LogP contribution in [-0.2, 0) is 6.42 Å². The van der Waals surface area contributed by atoms with Crippen LogP contribution in [0.4, 0.5) is 11.6 Å². The summed E-state index contributed by atoms with van der Waals surface area (Å²) >= 11 is 1.84. The van der Waals surface area contributed by atoms with E-state index in [4.69, 9.17) is 5.73 Å². The molecule has 0 aliphatic heterocycles. The van der Waals surface area contributed by atoms with Gasteiger partial charge in [-0.05, 0) is 36.3 Å². The van der Waals surface area contributed by atoms with Crippen LogP contribution in [0.25, 0.3) is 0 Å². The van der Waals surface area contributed by atoms with Gasteiger partial charge in [0.2, 0.25) is 0 Å². The van der Waals surface area contributed by atoms with E-state index in [0.717, 1.165) is 12.2 Å². The third-order valence-corrected chi connectivity index (χ3v) is 4.02. The molecular weight excluding hydrogens is 232 g/mol. The number of anilines is 2. The Morgan fingerprint density at radius 3 is 3.24 bits per heavy atom. The number of hydrogen-bond donors (Lipinski definition) is 2. The zero-order chi connectivity index (χ0) is 11.7. The first-order valence-corrected chi connectivity index (χ1v) is 6.61. The van der Waals surface area contributed by atoms with Gasteiger partial charge in [0.25, 0.3) is 0 Å². The van der Waals surface area contributed by atoms with Crippen LogP contribution in [-0.4, -0.2) is 9.97 Å². The van der Waals surface area contributed by atoms with Crippen LogP contribution in [0, 0.1) is 0 Å². The number of fused-ring (bicyclic) bond motifs is 1. The lowest BCUT2D eigenvalue weighted by Gasteiger charge is -2.24. The summed E-state index contributed by atoms with van der Waals surface area (Å²) in [5.74, 6) is 1.21. The standard InChI is InChI=1S/C12H14N4S/c13-11-6-14-7-12(16-11)15-9-2-1-3-10-8(9)4-5-17-10/h4-7,9H,1-3H2,(H3,13,15,16). The van der Waals surface area contributed by atoms with Crippen molar-refractivity contribution in [3.63, 3.8) is 0 Å². The molecule has 0 amide bonds. The van der Waals surface area contributed by atoms with E-state index in [9.17, 15) is 0 Å². The highest BCUT2D eigenvalue weighted by molar-refractivity contribution is 7.10. The molecule has 0 saturated heterocycles. The summed E-state index contributed by atoms with van der Waals surface area (Å²) in [4.78, 5) is 9.77. The second kappa shape index (κ2) is 4.33. The molecule has 1 atom stereocenters. The van der Waals surface area contributed by atoms with E-state index in [1.54, 1.807) is 12.4 Å². The summed E-state index contributed by atoms with van der Waals surface area (Å²) in [5, 5.41) is 5.58. The van der Waals surface area contributed by atoms with Gasteiger partial charge in [-0.25, -0.2) is 4.98 Å². The highest BCUT2D eigenvalue weighted by Gasteiger charge is 2.21. The molecule has 88 valence electrons. The van der Waals surface area contributed by atoms with E-state index >= 15 is 0 Å². The lowest BCUT2D eigenvalue weighted by atomic mass is 9.94. The number of nitrogen functional groups attached to an aromatic ring is 1. The largest absolute Gasteiger partial charge is 0.382 e. The molecule has 0 fully saturated rings. The summed E-state index contributed by atoms with van der Waals surface area (Å²) in [7, 11) is 0. The van der Waals surface area contributed by atoms with Crippen molar-refractivity contribution in [3.05, 3.63) is 34.3 Å². The number of thiophene rings is 1. The average molecular weight is 246 g/mol. The van der Waals surface area contributed by atoms with Gasteiger partial charge in [-0.3, -0.25) is 4.98 Å². The Balaban J connectivity index is 1.84. The fraction of sp³-hybridized carbons (Fsp3) is 0.333. The van der Waals surface area contributed by atoms with Gasteiger partial charge in [-0.1, -0.05) is 0 Å². The maximum atomic E-state index is 5.63. The molecule has 0 aromatic carbocycles. The van der Waals surface area contributed by atoms with Crippen LogP contribution >= 0.6 is 11.3 Å². The van der Waals surface area contributed by atoms with Gasteiger partial charge in [-0.15, -0.1) is 11.3 Å². The van der Waals surface area contributed by atoms with Crippen molar-refractivity contribution >= 4 is 23.0 Å². The minimum absolute atomic E-state index is 0.348. The Morgan fingerprint density at radius 2 is 2.35 bits per heavy atom. The van der Waals surface area contributed by atoms with Crippen molar-refractivity contribution in [2.24, 2.45) is 0 Å². The zero-order valence-corrected chi connectivity index (χ0v) is 10.2. The maximum absolute atomic E-state index is 5.63. The summed E-state index contributed by atoms with van der Waals surface area (Å²) in [6, 6.07) is 2.55. The summed E-state index contributed by atoms with van der Waals surface area (Å²) < 4.78 is 0. The number of rotatable bonds is 2. The molecule has 0 saturated carbocycles. The lowest BCUT2D eigenvalue weighted by molar-refractivity contribution is 0.607. The van der Waals surface area contributed by atoms with Crippen molar-refractivity contribution in [3.8, 4) is 0 Å². The van der Waals surface area contributed by atoms with Gasteiger partial charge < -0.3 is 11.1 Å². The van der Waals surface area contributed by atoms with Gasteiger partial charge in [-0.2, -0.15) is 0 Å². The van der Waals surface area contributed by atoms with E-state index in [1.165, 1.54) is 23.3 Å². The summed E-state index contributed by atoms with van der Waals surface area (Å²) in [5.41, 5.74) is 7.03. The molecule has 3 N–H and O–H groups in total. The molecule has 0 spiro atoms. The number of aromatic nitrogens is 2. The third kappa shape index (κ3) is 2.10. The minimum Gasteiger partial charge on any atom is -0.382 e. The number of hydrogen-bond acceptors (Lipinski definition) is 5. The highest BCUT2D eigenvalue weighted by Crippen LogP contribution is 2.35. The van der Waals surface area contributed by atoms with Crippen molar-refractivity contribution in [2.75, 3.05) is 11.1 Å². The first kappa shape index (κ1) is 10.5. The van der Waals surface area contributed by atoms with Gasteiger partial charge >= 0.3 is 0 Å². The van der Waals surface area contributed by atoms with E-state index in [0.29, 0.717) is 11.9 Å². The molecular formula is C12H14N4S. The number of nitrogens with two attached hydrogens (primary N) is 1. The van der Waals surface area contributed by atoms with E-state index in [-0.39, 0.29) is 0 Å². The van der Waals surface area contributed by atoms with Gasteiger partial charge in [0.15, 0.2) is 0 Å². The predicted molar refractivity (Wildman–Crippen MR) is 70.1 cm³/mol. The zero-order valence-electron chi connectivity index (χ0n) is 9.39. The first-order valence-electron chi connectivity index (χ1n) is 5.73. The monoisotopic (exact) mass is 246 g/mol. The molecule has 2 aromatic heterocycles. The van der Waals surface area contributed by atoms with Crippen LogP contribution < -0.4 is 11.1 Å². The molecule has 1 aliphatic carbocycles. The third-order valence-electron chi connectivity index (χ3n) is 3.03. The summed E-state index contributed by atoms with van der Waals surface area (Å²) in [6.45, 7) is 0. The summed E-state index contributed by atoms with van der Waals surface area (Å²) in [6.07, 6.45) is 6.84. The normalized spacial score (nSPS) is 18.7. The first-order chi connectivity index (χ1) is 8.33. The molecule has 2 aromatic rings. The Hall–Kier alpha value is -1.62. The molecule has 5 heteroatoms. The van der Waals surface area contributed by atoms with Crippen molar-refractivity contribution in [1.82, 2.24) is 9.97 Å². The van der Waals surface area contributed by atoms with Crippen molar-refractivity contribution in [1.29, 1.82) is 0 Å². The van der Waals surface area contributed by atoms with Crippen LogP contribution in [0.3, 0.4) is 0 Å². The van der Waals surface area contributed by atoms with Gasteiger partial charge in [0, 0.05) is 4.88 Å². The fourth-order valence-electron chi connectivity index (χ4n) is 2.27. The van der Waals surface area contributed by atoms with Crippen LogP contribution in [0.2, 0.25) is 0 Å². The molecule has 4 nitrogen and oxygen atoms in total. The average Bonchev–Trinajstić information content (AvgIpc) is 2.78. The van der Waals surface area contributed by atoms with E-state index in [2.05, 4.69) is 26.7 Å². The van der Waals surface area contributed by atoms with Crippen LogP contribution in [0.15, 0.2) is 23.8 Å². The number of nitrogens with zero attached hydrogens (tertiary/aromatic N) is 2. The molecule has 17 heavy (non-hydrogen) atoms. The van der Waals surface area contributed by atoms with Crippen LogP contribution in [0.1, 0.15) is 29.3 Å².